The number of carboxylic acid groups (broad SMARTS) is 1. The number of Topliss-reactive ketones (excluding diaryl/α,β-unsaturated/α-hetero) is 1. The highest BCUT2D eigenvalue weighted by Gasteiger charge is 2.45. The van der Waals surface area contributed by atoms with Crippen molar-refractivity contribution >= 4 is 92.5 Å². The molecular weight excluding hydrogens is 1420 g/mol. The number of thioether (sulfide) groups is 1. The van der Waals surface area contributed by atoms with Crippen LogP contribution in [0.15, 0.2) is 41.3 Å². The number of hydrogen-bond donors (Lipinski definition) is 15. The van der Waals surface area contributed by atoms with Gasteiger partial charge in [0.2, 0.25) is 47.3 Å². The van der Waals surface area contributed by atoms with Gasteiger partial charge in [0.1, 0.15) is 41.0 Å². The van der Waals surface area contributed by atoms with Crippen LogP contribution in [0.4, 0.5) is 0 Å². The number of nitrogens with two attached hydrogens (primary N) is 1. The van der Waals surface area contributed by atoms with Crippen LogP contribution in [-0.2, 0) is 104 Å². The van der Waals surface area contributed by atoms with Crippen LogP contribution >= 0.6 is 11.8 Å². The van der Waals surface area contributed by atoms with E-state index in [0.29, 0.717) is 132 Å². The van der Waals surface area contributed by atoms with E-state index in [9.17, 15) is 63.3 Å². The number of primary amides is 1. The molecule has 2 bridgehead atoms. The first-order chi connectivity index (χ1) is 50.3. The summed E-state index contributed by atoms with van der Waals surface area (Å²) >= 11 is 1.44. The van der Waals surface area contributed by atoms with Crippen molar-refractivity contribution in [3.8, 4) is 5.75 Å². The predicted molar refractivity (Wildman–Crippen MR) is 380 cm³/mol. The SMILES string of the molecule is C=C(NCC1=CN(CCOCCOCCOCCOCCOCCOCCOCCSCc2c(OC)ccc3c4c([nH]c23)S(=O)C[C@H]2NC(=O)CNC(=O)[C@H]([C@@H](C)CC)CC(=O)CNC(=O)[C@H](C4)NC(=O)[C@H]([C@@H](C)[C@@H](O)CO)NC(=O)[C@@H]3C[C@@H](O)CN3C(=O)[C@H](CC(N)=O)NC2=O)NN1)C(C)CC(=O)O. The Labute approximate surface area is 615 Å². The smallest absolute Gasteiger partial charge is 0.304 e. The number of ether oxygens (including phenoxy) is 8. The summed E-state index contributed by atoms with van der Waals surface area (Å²) in [5, 5.41) is 61.4. The third-order valence-electron chi connectivity index (χ3n) is 17.9. The van der Waals surface area contributed by atoms with E-state index in [1.54, 1.807) is 32.9 Å². The van der Waals surface area contributed by atoms with Crippen molar-refractivity contribution in [3.05, 3.63) is 47.4 Å². The van der Waals surface area contributed by atoms with Gasteiger partial charge >= 0.3 is 5.97 Å². The summed E-state index contributed by atoms with van der Waals surface area (Å²) in [7, 11) is -0.999. The number of aliphatic hydroxyl groups excluding tert-OH is 3. The lowest BCUT2D eigenvalue weighted by atomic mass is 9.86. The Hall–Kier alpha value is -7.60. The minimum absolute atomic E-state index is 0.00639. The molecule has 4 aliphatic rings. The number of aliphatic hydroxyl groups is 3. The number of carbonyl (C=O) groups is 10. The van der Waals surface area contributed by atoms with Gasteiger partial charge in [-0.3, -0.25) is 57.2 Å². The van der Waals surface area contributed by atoms with Gasteiger partial charge in [0.05, 0.1) is 185 Å². The van der Waals surface area contributed by atoms with Gasteiger partial charge in [0.15, 0.2) is 5.78 Å². The number of benzene rings is 1. The minimum atomic E-state index is -2.44. The number of aromatic amines is 1. The summed E-state index contributed by atoms with van der Waals surface area (Å²) in [4.78, 5) is 143. The maximum atomic E-state index is 15.4. The lowest BCUT2D eigenvalue weighted by Gasteiger charge is -2.32. The first kappa shape index (κ1) is 86.3. The number of nitrogens with one attached hydrogen (secondary N) is 10. The van der Waals surface area contributed by atoms with Gasteiger partial charge < -0.3 is 117 Å². The molecule has 0 radical (unpaired) electrons. The van der Waals surface area contributed by atoms with Crippen molar-refractivity contribution in [1.82, 2.24) is 63.1 Å². The molecule has 1 saturated heterocycles. The number of nitrogens with zero attached hydrogens (tertiary/aromatic N) is 2. The van der Waals surface area contributed by atoms with Crippen LogP contribution in [0.2, 0.25) is 0 Å². The zero-order chi connectivity index (χ0) is 76.5. The fraction of sp³-hybridized carbons (Fsp3) is 0.672. The molecule has 16 N–H and O–H groups in total. The highest BCUT2D eigenvalue weighted by atomic mass is 32.2. The molecule has 0 spiro atoms. The molecule has 1 fully saturated rings. The highest BCUT2D eigenvalue weighted by Crippen LogP contribution is 2.36. The van der Waals surface area contributed by atoms with E-state index in [1.807, 2.05) is 11.2 Å². The molecule has 588 valence electrons. The lowest BCUT2D eigenvalue weighted by molar-refractivity contribution is -0.144. The molecule has 1 aromatic carbocycles. The quantitative estimate of drug-likeness (QED) is 0.0285. The number of H-pyrrole nitrogens is 1. The second-order valence-corrected chi connectivity index (χ2v) is 28.2. The zero-order valence-electron chi connectivity index (χ0n) is 60.1. The Morgan fingerprint density at radius 2 is 1.40 bits per heavy atom. The molecule has 2 aromatic rings. The molecule has 5 heterocycles. The number of allylic oxidation sites excluding steroid dienone is 1. The van der Waals surface area contributed by atoms with Crippen molar-refractivity contribution < 1.29 is 110 Å². The molecule has 0 saturated carbocycles. The van der Waals surface area contributed by atoms with E-state index in [1.165, 1.54) is 25.8 Å². The molecule has 105 heavy (non-hydrogen) atoms. The number of aliphatic carboxylic acids is 1. The lowest BCUT2D eigenvalue weighted by Crippen LogP contribution is -2.62. The molecule has 2 unspecified atom stereocenters. The Bertz CT molecular complexity index is 3310. The summed E-state index contributed by atoms with van der Waals surface area (Å²) in [6.07, 6.45) is -2.96. The standard InChI is InChI=1S/C67H105N13O23S2/c1-7-39(2)47-27-44(82)32-70-62(90)50-29-48-46-8-9-55(96-6)49(37-104-25-24-103-23-22-102-21-20-101-19-18-100-17-16-99-15-14-98-13-12-97-11-10-79-34-43(77-78-79)31-69-42(5)40(3)26-58(87)88)60(46)76-66(48)105(95)38-52(72-57(86)33-71-61(47)89)63(91)74-51(30-56(68)85)67(94)80-35-45(83)28-53(80)64(92)75-59(65(93)73-50)41(4)54(84)36-81/h8-9,34,39-41,45,47,50-54,59,69,76-78,81,83-84H,5,7,10-33,35-38H2,1-4,6H3,(H2,68,85)(H,70,90)(H,71,89)(H,72,86)(H,73,93)(H,74,91)(H,75,92)(H,87,88)/t39-,40?,41-,45+,47-,50-,51-,52+,53-,54-,59-,105?/m0/s1. The summed E-state index contributed by atoms with van der Waals surface area (Å²) in [5.74, 6) is -12.4. The van der Waals surface area contributed by atoms with Gasteiger partial charge in [0.25, 0.3) is 0 Å². The van der Waals surface area contributed by atoms with E-state index in [4.69, 9.17) is 48.7 Å². The Balaban J connectivity index is 1.05. The van der Waals surface area contributed by atoms with Crippen LogP contribution in [0.25, 0.3) is 10.9 Å². The summed E-state index contributed by atoms with van der Waals surface area (Å²) in [6.45, 7) is 13.8. The maximum Gasteiger partial charge on any atom is 0.304 e. The van der Waals surface area contributed by atoms with Gasteiger partial charge in [-0.25, -0.2) is 0 Å². The number of fused-ring (bicyclic) bond motifs is 5. The number of hydrogen-bond acceptors (Lipinski definition) is 27. The number of rotatable bonds is 40. The molecule has 36 nitrogen and oxygen atoms in total. The second kappa shape index (κ2) is 45.1. The second-order valence-electron chi connectivity index (χ2n) is 25.7. The average molecular weight is 1520 g/mol. The molecule has 12 atom stereocenters. The largest absolute Gasteiger partial charge is 0.496 e. The average Bonchev–Trinajstić information content (AvgIpc) is 1.63. The maximum absolute atomic E-state index is 15.4. The third-order valence-corrected chi connectivity index (χ3v) is 20.3. The van der Waals surface area contributed by atoms with Crippen LogP contribution in [0.1, 0.15) is 70.9 Å². The van der Waals surface area contributed by atoms with Crippen LogP contribution in [0, 0.1) is 23.7 Å². The van der Waals surface area contributed by atoms with E-state index in [0.717, 1.165) is 10.6 Å². The van der Waals surface area contributed by atoms with Gasteiger partial charge in [-0.2, -0.15) is 11.8 Å². The molecule has 4 aliphatic heterocycles. The van der Waals surface area contributed by atoms with E-state index >= 15 is 4.21 Å². The van der Waals surface area contributed by atoms with Crippen LogP contribution in [0.5, 0.6) is 5.75 Å². The van der Waals surface area contributed by atoms with Crippen molar-refractivity contribution in [2.75, 3.05) is 150 Å². The fourth-order valence-electron chi connectivity index (χ4n) is 11.7. The molecular formula is C67H105N13O23S2. The molecule has 6 rings (SSSR count). The molecule has 0 aliphatic carbocycles. The van der Waals surface area contributed by atoms with Crippen molar-refractivity contribution in [2.45, 2.75) is 119 Å². The van der Waals surface area contributed by atoms with Crippen molar-refractivity contribution in [1.29, 1.82) is 0 Å². The monoisotopic (exact) mass is 1520 g/mol. The Morgan fingerprint density at radius 3 is 2.00 bits per heavy atom. The number of ketones is 1. The molecule has 8 amide bonds. The zero-order valence-corrected chi connectivity index (χ0v) is 61.8. The van der Waals surface area contributed by atoms with Gasteiger partial charge in [-0.05, 0) is 23.6 Å². The topological polar surface area (TPSA) is 499 Å². The van der Waals surface area contributed by atoms with E-state index in [2.05, 4.69) is 59.7 Å². The normalized spacial score (nSPS) is 23.0. The molecule has 1 aromatic heterocycles. The summed E-state index contributed by atoms with van der Waals surface area (Å²) in [5.41, 5.74) is 14.2. The number of methoxy groups -OCH3 is 1. The fourth-order valence-corrected chi connectivity index (χ4v) is 13.9. The predicted octanol–water partition coefficient (Wildman–Crippen LogP) is -3.80. The van der Waals surface area contributed by atoms with Crippen molar-refractivity contribution in [2.24, 2.45) is 29.4 Å². The highest BCUT2D eigenvalue weighted by molar-refractivity contribution is 7.98. The van der Waals surface area contributed by atoms with Gasteiger partial charge in [0, 0.05) is 77.9 Å². The van der Waals surface area contributed by atoms with Crippen LogP contribution in [-0.4, -0.2) is 291 Å². The van der Waals surface area contributed by atoms with Crippen LogP contribution in [0.3, 0.4) is 0 Å². The molecule has 38 heteroatoms. The summed E-state index contributed by atoms with van der Waals surface area (Å²) in [6, 6.07) is -5.59. The number of carbonyl (C=O) groups excluding carboxylic acids is 9. The summed E-state index contributed by atoms with van der Waals surface area (Å²) < 4.78 is 60.7. The first-order valence-electron chi connectivity index (χ1n) is 35.0. The number of hydrazine groups is 2. The van der Waals surface area contributed by atoms with E-state index < -0.39 is 188 Å². The van der Waals surface area contributed by atoms with Gasteiger partial charge in [-0.15, -0.1) is 5.53 Å². The number of carboxylic acids is 1. The van der Waals surface area contributed by atoms with E-state index in [-0.39, 0.29) is 41.9 Å². The first-order valence-corrected chi connectivity index (χ1v) is 37.5. The van der Waals surface area contributed by atoms with Crippen molar-refractivity contribution in [3.63, 3.8) is 0 Å². The Morgan fingerprint density at radius 1 is 0.781 bits per heavy atom. The number of amides is 8. The Kier molecular flexibility index (Phi) is 37.1. The van der Waals surface area contributed by atoms with Crippen LogP contribution < -0.4 is 58.6 Å². The number of aromatic nitrogens is 1. The van der Waals surface area contributed by atoms with Gasteiger partial charge in [-0.1, -0.05) is 40.7 Å². The third kappa shape index (κ3) is 27.9. The minimum Gasteiger partial charge on any atom is -0.496 e.